The van der Waals surface area contributed by atoms with Gasteiger partial charge >= 0.3 is 6.18 Å². The van der Waals surface area contributed by atoms with E-state index in [1.54, 1.807) is 29.2 Å². The summed E-state index contributed by atoms with van der Waals surface area (Å²) in [5.41, 5.74) is 1.20. The number of benzene rings is 1. The van der Waals surface area contributed by atoms with Gasteiger partial charge in [-0.1, -0.05) is 6.07 Å². The first-order valence-electron chi connectivity index (χ1n) is 11.3. The van der Waals surface area contributed by atoms with Crippen molar-refractivity contribution in [3.8, 4) is 11.6 Å². The average Bonchev–Trinajstić information content (AvgIpc) is 3.47. The van der Waals surface area contributed by atoms with E-state index >= 15 is 0 Å². The van der Waals surface area contributed by atoms with Crippen molar-refractivity contribution in [2.75, 3.05) is 7.11 Å². The molecule has 4 aromatic rings. The smallest absolute Gasteiger partial charge is 0.416 e. The van der Waals surface area contributed by atoms with Gasteiger partial charge in [-0.25, -0.2) is 24.0 Å². The Labute approximate surface area is 204 Å². The zero-order valence-corrected chi connectivity index (χ0v) is 19.5. The second kappa shape index (κ2) is 9.21. The number of aromatic nitrogens is 6. The molecule has 4 heterocycles. The number of nitrogens with zero attached hydrogens (tertiary/aromatic N) is 6. The summed E-state index contributed by atoms with van der Waals surface area (Å²) >= 11 is 0. The zero-order chi connectivity index (χ0) is 25.4. The molecule has 0 bridgehead atoms. The minimum absolute atomic E-state index is 0.00418. The van der Waals surface area contributed by atoms with E-state index in [1.165, 1.54) is 13.2 Å². The van der Waals surface area contributed by atoms with Crippen molar-refractivity contribution in [2.24, 2.45) is 0 Å². The van der Waals surface area contributed by atoms with E-state index < -0.39 is 23.5 Å². The van der Waals surface area contributed by atoms with Gasteiger partial charge in [0.2, 0.25) is 5.88 Å². The van der Waals surface area contributed by atoms with Crippen LogP contribution in [0.3, 0.4) is 0 Å². The third-order valence-electron chi connectivity index (χ3n) is 6.04. The summed E-state index contributed by atoms with van der Waals surface area (Å²) in [6.07, 6.45) is 3.31. The highest BCUT2D eigenvalue weighted by molar-refractivity contribution is 5.65. The summed E-state index contributed by atoms with van der Waals surface area (Å²) in [5.74, 6) is -0.384. The number of rotatable bonds is 5. The van der Waals surface area contributed by atoms with E-state index in [2.05, 4.69) is 20.1 Å². The van der Waals surface area contributed by atoms with Crippen LogP contribution >= 0.6 is 0 Å². The van der Waals surface area contributed by atoms with Gasteiger partial charge in [0.25, 0.3) is 0 Å². The Hall–Kier alpha value is -4.02. The van der Waals surface area contributed by atoms with Crippen molar-refractivity contribution >= 4 is 12.2 Å². The molecule has 0 amide bonds. The van der Waals surface area contributed by atoms with Crippen LogP contribution in [0.25, 0.3) is 17.8 Å². The fourth-order valence-corrected chi connectivity index (χ4v) is 4.41. The van der Waals surface area contributed by atoms with Gasteiger partial charge in [-0.15, -0.1) is 0 Å². The van der Waals surface area contributed by atoms with Crippen LogP contribution in [0, 0.1) is 12.7 Å². The molecule has 7 nitrogen and oxygen atoms in total. The lowest BCUT2D eigenvalue weighted by molar-refractivity contribution is -0.138. The standard InChI is InChI=1S/C25H22F4N6O/c1-15-13-34(14-30-15)21-9-6-17(31-24(21)36-2)7-10-22-32-23-19(4-3-11-35(23)33-22)18-8-5-16(26)12-20(18)25(27,28)29/h5-10,12-14,19H,3-4,11H2,1-2H3/b10-7+/t19-/m1/s1. The third-order valence-corrected chi connectivity index (χ3v) is 6.04. The minimum atomic E-state index is -4.67. The fourth-order valence-electron chi connectivity index (χ4n) is 4.41. The molecule has 3 aromatic heterocycles. The number of ether oxygens (including phenoxy) is 1. The van der Waals surface area contributed by atoms with Crippen molar-refractivity contribution in [3.63, 3.8) is 0 Å². The molecule has 0 fully saturated rings. The number of methoxy groups -OCH3 is 1. The molecular formula is C25H22F4N6O. The first-order valence-corrected chi connectivity index (χ1v) is 11.3. The molecule has 11 heteroatoms. The largest absolute Gasteiger partial charge is 0.479 e. The average molecular weight is 498 g/mol. The molecule has 0 aliphatic carbocycles. The van der Waals surface area contributed by atoms with Gasteiger partial charge in [-0.2, -0.15) is 18.3 Å². The van der Waals surface area contributed by atoms with E-state index in [4.69, 9.17) is 4.74 Å². The maximum Gasteiger partial charge on any atom is 0.416 e. The van der Waals surface area contributed by atoms with Gasteiger partial charge in [0.15, 0.2) is 5.82 Å². The lowest BCUT2D eigenvalue weighted by Crippen LogP contribution is -2.21. The quantitative estimate of drug-likeness (QED) is 0.343. The van der Waals surface area contributed by atoms with E-state index in [0.717, 1.165) is 17.4 Å². The van der Waals surface area contributed by atoms with E-state index in [-0.39, 0.29) is 5.56 Å². The van der Waals surface area contributed by atoms with E-state index in [9.17, 15) is 17.6 Å². The van der Waals surface area contributed by atoms with E-state index in [1.807, 2.05) is 23.8 Å². The van der Waals surface area contributed by atoms with Crippen molar-refractivity contribution in [1.82, 2.24) is 29.3 Å². The Kier molecular flexibility index (Phi) is 6.07. The zero-order valence-electron chi connectivity index (χ0n) is 19.5. The first-order chi connectivity index (χ1) is 17.2. The molecule has 0 saturated carbocycles. The topological polar surface area (TPSA) is 70.7 Å². The van der Waals surface area contributed by atoms with Crippen LogP contribution in [0.15, 0.2) is 42.9 Å². The van der Waals surface area contributed by atoms with Crippen LogP contribution in [-0.4, -0.2) is 36.4 Å². The molecule has 5 rings (SSSR count). The lowest BCUT2D eigenvalue weighted by atomic mass is 9.87. The highest BCUT2D eigenvalue weighted by Crippen LogP contribution is 2.40. The van der Waals surface area contributed by atoms with Crippen LogP contribution < -0.4 is 4.74 Å². The van der Waals surface area contributed by atoms with Crippen molar-refractivity contribution < 1.29 is 22.3 Å². The number of fused-ring (bicyclic) bond motifs is 1. The normalized spacial score (nSPS) is 15.9. The predicted octanol–water partition coefficient (Wildman–Crippen LogP) is 5.43. The number of imidazole rings is 1. The summed E-state index contributed by atoms with van der Waals surface area (Å²) in [4.78, 5) is 13.2. The molecule has 36 heavy (non-hydrogen) atoms. The molecule has 0 N–H and O–H groups in total. The molecule has 0 spiro atoms. The Morgan fingerprint density at radius 2 is 1.94 bits per heavy atom. The lowest BCUT2D eigenvalue weighted by Gasteiger charge is -2.25. The van der Waals surface area contributed by atoms with Crippen LogP contribution in [0.1, 0.15) is 52.9 Å². The second-order valence-corrected chi connectivity index (χ2v) is 8.50. The molecule has 0 unspecified atom stereocenters. The SMILES string of the molecule is COc1nc(/C=C/c2nc3n(n2)CCC[C@@H]3c2ccc(F)cc2C(F)(F)F)ccc1-n1cnc(C)c1. The van der Waals surface area contributed by atoms with Gasteiger partial charge in [-0.05, 0) is 61.7 Å². The highest BCUT2D eigenvalue weighted by Gasteiger charge is 2.38. The van der Waals surface area contributed by atoms with Crippen LogP contribution in [-0.2, 0) is 12.7 Å². The third kappa shape index (κ3) is 4.60. The van der Waals surface area contributed by atoms with Crippen molar-refractivity contribution in [2.45, 2.75) is 38.4 Å². The van der Waals surface area contributed by atoms with Gasteiger partial charge < -0.3 is 9.30 Å². The van der Waals surface area contributed by atoms with Gasteiger partial charge in [-0.3, -0.25) is 0 Å². The van der Waals surface area contributed by atoms with Crippen molar-refractivity contribution in [1.29, 1.82) is 0 Å². The van der Waals surface area contributed by atoms with Gasteiger partial charge in [0.05, 0.1) is 30.4 Å². The molecule has 1 aromatic carbocycles. The molecule has 0 saturated heterocycles. The summed E-state index contributed by atoms with van der Waals surface area (Å²) in [6, 6.07) is 6.44. The number of pyridine rings is 1. The summed E-state index contributed by atoms with van der Waals surface area (Å²) in [6.45, 7) is 2.43. The molecule has 1 atom stereocenters. The number of hydrogen-bond donors (Lipinski definition) is 0. The monoisotopic (exact) mass is 498 g/mol. The molecular weight excluding hydrogens is 476 g/mol. The Morgan fingerprint density at radius 3 is 2.67 bits per heavy atom. The highest BCUT2D eigenvalue weighted by atomic mass is 19.4. The molecule has 0 radical (unpaired) electrons. The summed E-state index contributed by atoms with van der Waals surface area (Å²) < 4.78 is 63.4. The number of hydrogen-bond acceptors (Lipinski definition) is 5. The van der Waals surface area contributed by atoms with Crippen LogP contribution in [0.5, 0.6) is 5.88 Å². The number of alkyl halides is 3. The van der Waals surface area contributed by atoms with Crippen molar-refractivity contribution in [3.05, 3.63) is 82.8 Å². The molecule has 186 valence electrons. The van der Waals surface area contributed by atoms with E-state index in [0.29, 0.717) is 48.7 Å². The van der Waals surface area contributed by atoms with Crippen LogP contribution in [0.2, 0.25) is 0 Å². The Balaban J connectivity index is 1.44. The predicted molar refractivity (Wildman–Crippen MR) is 124 cm³/mol. The fraction of sp³-hybridized carbons (Fsp3) is 0.280. The van der Waals surface area contributed by atoms with Crippen LogP contribution in [0.4, 0.5) is 17.6 Å². The molecule has 1 aliphatic heterocycles. The first kappa shape index (κ1) is 23.7. The van der Waals surface area contributed by atoms with Gasteiger partial charge in [0.1, 0.15) is 17.3 Å². The Bertz CT molecular complexity index is 1440. The van der Waals surface area contributed by atoms with Gasteiger partial charge in [0, 0.05) is 18.7 Å². The maximum atomic E-state index is 13.6. The second-order valence-electron chi connectivity index (χ2n) is 8.50. The maximum absolute atomic E-state index is 13.6. The summed E-state index contributed by atoms with van der Waals surface area (Å²) in [7, 11) is 1.53. The summed E-state index contributed by atoms with van der Waals surface area (Å²) in [5, 5.41) is 4.45. The number of aryl methyl sites for hydroxylation is 2. The number of halogens is 4. The minimum Gasteiger partial charge on any atom is -0.479 e. The Morgan fingerprint density at radius 1 is 1.11 bits per heavy atom. The molecule has 1 aliphatic rings.